The fourth-order valence-electron chi connectivity index (χ4n) is 1.88. The third kappa shape index (κ3) is 1.72. The molecule has 0 unspecified atom stereocenters. The third-order valence-corrected chi connectivity index (χ3v) is 3.25. The summed E-state index contributed by atoms with van der Waals surface area (Å²) in [5.41, 5.74) is 1.65. The van der Waals surface area contributed by atoms with Gasteiger partial charge in [-0.15, -0.1) is 0 Å². The summed E-state index contributed by atoms with van der Waals surface area (Å²) in [6.45, 7) is 0.402. The first kappa shape index (κ1) is 10.8. The molecule has 18 heavy (non-hydrogen) atoms. The van der Waals surface area contributed by atoms with Gasteiger partial charge in [0.1, 0.15) is 10.9 Å². The molecule has 0 bridgehead atoms. The molecule has 0 atom stereocenters. The Morgan fingerprint density at radius 3 is 3.11 bits per heavy atom. The number of oxazole rings is 1. The lowest BCUT2D eigenvalue weighted by Gasteiger charge is -2.07. The van der Waals surface area contributed by atoms with Gasteiger partial charge in [0.25, 0.3) is 0 Å². The van der Waals surface area contributed by atoms with Crippen LogP contribution in [0.1, 0.15) is 18.4 Å². The maximum absolute atomic E-state index is 11.8. The fourth-order valence-corrected chi connectivity index (χ4v) is 1.88. The van der Waals surface area contributed by atoms with Crippen LogP contribution in [0, 0.1) is 16.7 Å². The van der Waals surface area contributed by atoms with Gasteiger partial charge in [0.2, 0.25) is 5.91 Å². The molecule has 1 saturated carbocycles. The van der Waals surface area contributed by atoms with Crippen LogP contribution in [0.3, 0.4) is 0 Å². The number of nitrogens with zero attached hydrogens (tertiary/aromatic N) is 2. The van der Waals surface area contributed by atoms with Crippen molar-refractivity contribution in [2.24, 2.45) is 5.41 Å². The van der Waals surface area contributed by atoms with Crippen molar-refractivity contribution in [3.63, 3.8) is 0 Å². The van der Waals surface area contributed by atoms with Gasteiger partial charge in [0.15, 0.2) is 12.0 Å². The monoisotopic (exact) mass is 241 g/mol. The Kier molecular flexibility index (Phi) is 2.30. The maximum atomic E-state index is 11.8. The minimum Gasteiger partial charge on any atom is -0.443 e. The van der Waals surface area contributed by atoms with Gasteiger partial charge in [-0.1, -0.05) is 6.07 Å². The summed E-state index contributed by atoms with van der Waals surface area (Å²) in [4.78, 5) is 15.8. The zero-order chi connectivity index (χ0) is 12.6. The first-order chi connectivity index (χ1) is 8.73. The molecule has 5 nitrogen and oxygen atoms in total. The van der Waals surface area contributed by atoms with Crippen LogP contribution in [0.5, 0.6) is 0 Å². The minimum atomic E-state index is -0.768. The van der Waals surface area contributed by atoms with E-state index in [0.717, 1.165) is 11.1 Å². The zero-order valence-electron chi connectivity index (χ0n) is 9.64. The van der Waals surface area contributed by atoms with E-state index in [9.17, 15) is 4.79 Å². The van der Waals surface area contributed by atoms with Crippen LogP contribution in [-0.4, -0.2) is 10.9 Å². The lowest BCUT2D eigenvalue weighted by molar-refractivity contribution is -0.124. The van der Waals surface area contributed by atoms with Crippen LogP contribution < -0.4 is 5.32 Å². The number of carbonyl (C=O) groups is 1. The van der Waals surface area contributed by atoms with Crippen LogP contribution in [0.2, 0.25) is 0 Å². The number of rotatable bonds is 3. The average Bonchev–Trinajstić information content (AvgIpc) is 3.07. The molecule has 0 radical (unpaired) electrons. The number of hydrogen-bond acceptors (Lipinski definition) is 4. The molecule has 1 fully saturated rings. The summed E-state index contributed by atoms with van der Waals surface area (Å²) in [6.07, 6.45) is 2.72. The largest absolute Gasteiger partial charge is 0.443 e. The molecule has 5 heteroatoms. The van der Waals surface area contributed by atoms with E-state index < -0.39 is 5.41 Å². The third-order valence-electron chi connectivity index (χ3n) is 3.25. The Morgan fingerprint density at radius 1 is 1.56 bits per heavy atom. The molecule has 0 aliphatic heterocycles. The smallest absolute Gasteiger partial charge is 0.240 e. The second-order valence-electron chi connectivity index (χ2n) is 4.53. The minimum absolute atomic E-state index is 0.178. The van der Waals surface area contributed by atoms with Crippen molar-refractivity contribution < 1.29 is 9.21 Å². The number of amides is 1. The number of hydrogen-bond donors (Lipinski definition) is 1. The van der Waals surface area contributed by atoms with E-state index in [0.29, 0.717) is 25.0 Å². The van der Waals surface area contributed by atoms with Gasteiger partial charge in [-0.2, -0.15) is 5.26 Å². The average molecular weight is 241 g/mol. The Morgan fingerprint density at radius 2 is 2.39 bits per heavy atom. The molecule has 1 aromatic carbocycles. The van der Waals surface area contributed by atoms with Crippen molar-refractivity contribution in [3.05, 3.63) is 30.2 Å². The molecule has 1 N–H and O–H groups in total. The number of benzene rings is 1. The lowest BCUT2D eigenvalue weighted by atomic mass is 10.1. The van der Waals surface area contributed by atoms with E-state index in [1.807, 2.05) is 18.2 Å². The van der Waals surface area contributed by atoms with Gasteiger partial charge in [0.05, 0.1) is 6.07 Å². The summed E-state index contributed by atoms with van der Waals surface area (Å²) >= 11 is 0. The molecule has 0 saturated heterocycles. The SMILES string of the molecule is N#CC1(C(=O)NCc2ccc3ncoc3c2)CC1. The van der Waals surface area contributed by atoms with Crippen molar-refractivity contribution in [3.8, 4) is 6.07 Å². The van der Waals surface area contributed by atoms with E-state index in [1.165, 1.54) is 6.39 Å². The summed E-state index contributed by atoms with van der Waals surface area (Å²) < 4.78 is 5.19. The normalized spacial score (nSPS) is 16.2. The van der Waals surface area contributed by atoms with Crippen molar-refractivity contribution in [1.29, 1.82) is 5.26 Å². The molecule has 2 aromatic rings. The first-order valence-corrected chi connectivity index (χ1v) is 5.75. The quantitative estimate of drug-likeness (QED) is 0.887. The van der Waals surface area contributed by atoms with Crippen LogP contribution in [0.15, 0.2) is 29.0 Å². The van der Waals surface area contributed by atoms with Gasteiger partial charge < -0.3 is 9.73 Å². The molecule has 1 amide bonds. The standard InChI is InChI=1S/C13H11N3O2/c14-7-13(3-4-13)12(17)15-6-9-1-2-10-11(5-9)18-8-16-10/h1-2,5,8H,3-4,6H2,(H,15,17). The highest BCUT2D eigenvalue weighted by atomic mass is 16.3. The molecular formula is C13H11N3O2. The van der Waals surface area contributed by atoms with E-state index in [2.05, 4.69) is 16.4 Å². The van der Waals surface area contributed by atoms with Crippen molar-refractivity contribution >= 4 is 17.0 Å². The van der Waals surface area contributed by atoms with Crippen molar-refractivity contribution in [2.45, 2.75) is 19.4 Å². The molecule has 1 aromatic heterocycles. The Labute approximate surface area is 103 Å². The molecule has 1 aliphatic carbocycles. The highest BCUT2D eigenvalue weighted by molar-refractivity contribution is 5.88. The Bertz CT molecular complexity index is 650. The van der Waals surface area contributed by atoms with E-state index in [-0.39, 0.29) is 5.91 Å². The van der Waals surface area contributed by atoms with Crippen LogP contribution >= 0.6 is 0 Å². The van der Waals surface area contributed by atoms with Gasteiger partial charge in [0, 0.05) is 6.54 Å². The number of carbonyl (C=O) groups excluding carboxylic acids is 1. The Balaban J connectivity index is 1.70. The summed E-state index contributed by atoms with van der Waals surface area (Å²) in [5.74, 6) is -0.178. The first-order valence-electron chi connectivity index (χ1n) is 5.75. The number of aromatic nitrogens is 1. The molecule has 0 spiro atoms. The van der Waals surface area contributed by atoms with Gasteiger partial charge in [-0.25, -0.2) is 4.98 Å². The number of nitrogens with one attached hydrogen (secondary N) is 1. The molecule has 3 rings (SSSR count). The van der Waals surface area contributed by atoms with E-state index in [1.54, 1.807) is 0 Å². The van der Waals surface area contributed by atoms with Gasteiger partial charge in [-0.05, 0) is 30.5 Å². The lowest BCUT2D eigenvalue weighted by Crippen LogP contribution is -2.30. The van der Waals surface area contributed by atoms with Crippen molar-refractivity contribution in [1.82, 2.24) is 10.3 Å². The van der Waals surface area contributed by atoms with E-state index in [4.69, 9.17) is 9.68 Å². The topological polar surface area (TPSA) is 78.9 Å². The molecule has 1 heterocycles. The number of fused-ring (bicyclic) bond motifs is 1. The highest BCUT2D eigenvalue weighted by Gasteiger charge is 2.50. The number of nitriles is 1. The fraction of sp³-hybridized carbons (Fsp3) is 0.308. The Hall–Kier alpha value is -2.35. The summed E-state index contributed by atoms with van der Waals surface area (Å²) in [6, 6.07) is 7.65. The summed E-state index contributed by atoms with van der Waals surface area (Å²) in [5, 5.41) is 11.7. The van der Waals surface area contributed by atoms with Gasteiger partial charge in [-0.3, -0.25) is 4.79 Å². The summed E-state index contributed by atoms with van der Waals surface area (Å²) in [7, 11) is 0. The molecular weight excluding hydrogens is 230 g/mol. The second kappa shape index (κ2) is 3.84. The van der Waals surface area contributed by atoms with E-state index >= 15 is 0 Å². The highest BCUT2D eigenvalue weighted by Crippen LogP contribution is 2.45. The predicted molar refractivity (Wildman–Crippen MR) is 63.1 cm³/mol. The molecule has 1 aliphatic rings. The van der Waals surface area contributed by atoms with Crippen LogP contribution in [0.25, 0.3) is 11.1 Å². The van der Waals surface area contributed by atoms with Crippen LogP contribution in [-0.2, 0) is 11.3 Å². The zero-order valence-corrected chi connectivity index (χ0v) is 9.64. The van der Waals surface area contributed by atoms with Crippen LogP contribution in [0.4, 0.5) is 0 Å². The second-order valence-corrected chi connectivity index (χ2v) is 4.53. The van der Waals surface area contributed by atoms with Crippen molar-refractivity contribution in [2.75, 3.05) is 0 Å². The molecule has 90 valence electrons. The predicted octanol–water partition coefficient (Wildman–Crippen LogP) is 1.75. The maximum Gasteiger partial charge on any atom is 0.240 e. The van der Waals surface area contributed by atoms with Gasteiger partial charge >= 0.3 is 0 Å².